The topological polar surface area (TPSA) is 58.4 Å². The number of benzene rings is 1. The maximum atomic E-state index is 13.1. The molecule has 0 radical (unpaired) electrons. The number of rotatable bonds is 5. The molecule has 1 aromatic rings. The monoisotopic (exact) mass is 253 g/mol. The van der Waals surface area contributed by atoms with Gasteiger partial charge in [-0.05, 0) is 30.8 Å². The van der Waals surface area contributed by atoms with Gasteiger partial charge in [0.1, 0.15) is 5.82 Å². The molecule has 4 nitrogen and oxygen atoms in total. The van der Waals surface area contributed by atoms with E-state index in [0.717, 1.165) is 5.56 Å². The third kappa shape index (κ3) is 4.00. The first-order valence-electron chi connectivity index (χ1n) is 5.88. The largest absolute Gasteiger partial charge is 0.398 e. The maximum Gasteiger partial charge on any atom is 0.223 e. The van der Waals surface area contributed by atoms with Gasteiger partial charge in [-0.25, -0.2) is 4.39 Å². The molecule has 0 bridgehead atoms. The Balaban J connectivity index is 2.61. The average Bonchev–Trinajstić information content (AvgIpc) is 2.32. The molecule has 1 atom stereocenters. The molecule has 1 rings (SSSR count). The summed E-state index contributed by atoms with van der Waals surface area (Å²) < 4.78 is 13.1. The van der Waals surface area contributed by atoms with Crippen LogP contribution in [-0.2, 0) is 11.3 Å². The molecule has 100 valence electrons. The van der Waals surface area contributed by atoms with Crippen molar-refractivity contribution in [2.45, 2.75) is 13.5 Å². The zero-order valence-electron chi connectivity index (χ0n) is 11.0. The van der Waals surface area contributed by atoms with Crippen LogP contribution in [0, 0.1) is 11.7 Å². The van der Waals surface area contributed by atoms with Gasteiger partial charge < -0.3 is 16.0 Å². The summed E-state index contributed by atoms with van der Waals surface area (Å²) in [5.41, 5.74) is 7.09. The van der Waals surface area contributed by atoms with E-state index < -0.39 is 0 Å². The standard InChI is InChI=1S/C13H20FN3O/c1-9(13(18)16-2)7-17(3)8-10-6-11(14)4-5-12(10)15/h4-6,9H,7-8,15H2,1-3H3,(H,16,18). The third-order valence-corrected chi connectivity index (χ3v) is 2.82. The second kappa shape index (κ2) is 6.35. The van der Waals surface area contributed by atoms with Crippen LogP contribution in [0.5, 0.6) is 0 Å². The first-order valence-corrected chi connectivity index (χ1v) is 5.88. The van der Waals surface area contributed by atoms with Crippen molar-refractivity contribution < 1.29 is 9.18 Å². The van der Waals surface area contributed by atoms with Crippen LogP contribution in [0.1, 0.15) is 12.5 Å². The highest BCUT2D eigenvalue weighted by Crippen LogP contribution is 2.15. The molecule has 0 fully saturated rings. The molecular weight excluding hydrogens is 233 g/mol. The van der Waals surface area contributed by atoms with Crippen molar-refractivity contribution in [1.82, 2.24) is 10.2 Å². The predicted octanol–water partition coefficient (Wildman–Crippen LogP) is 1.22. The molecule has 0 aliphatic heterocycles. The Morgan fingerprint density at radius 1 is 1.56 bits per heavy atom. The highest BCUT2D eigenvalue weighted by Gasteiger charge is 2.14. The fourth-order valence-corrected chi connectivity index (χ4v) is 1.86. The second-order valence-corrected chi connectivity index (χ2v) is 4.56. The van der Waals surface area contributed by atoms with Gasteiger partial charge in [0.25, 0.3) is 0 Å². The summed E-state index contributed by atoms with van der Waals surface area (Å²) in [5.74, 6) is -0.421. The van der Waals surface area contributed by atoms with Crippen molar-refractivity contribution in [3.05, 3.63) is 29.6 Å². The summed E-state index contributed by atoms with van der Waals surface area (Å²) in [5, 5.41) is 2.60. The lowest BCUT2D eigenvalue weighted by molar-refractivity contribution is -0.124. The van der Waals surface area contributed by atoms with E-state index in [4.69, 9.17) is 5.73 Å². The number of anilines is 1. The van der Waals surface area contributed by atoms with Crippen LogP contribution in [0.4, 0.5) is 10.1 Å². The molecule has 0 heterocycles. The SMILES string of the molecule is CNC(=O)C(C)CN(C)Cc1cc(F)ccc1N. The summed E-state index contributed by atoms with van der Waals surface area (Å²) >= 11 is 0. The van der Waals surface area contributed by atoms with Crippen molar-refractivity contribution in [3.8, 4) is 0 Å². The minimum atomic E-state index is -0.299. The van der Waals surface area contributed by atoms with E-state index in [1.165, 1.54) is 12.1 Å². The van der Waals surface area contributed by atoms with Crippen LogP contribution in [0.3, 0.4) is 0 Å². The van der Waals surface area contributed by atoms with Crippen molar-refractivity contribution in [2.24, 2.45) is 5.92 Å². The van der Waals surface area contributed by atoms with Gasteiger partial charge in [-0.15, -0.1) is 0 Å². The van der Waals surface area contributed by atoms with Crippen molar-refractivity contribution >= 4 is 11.6 Å². The van der Waals surface area contributed by atoms with Crippen LogP contribution in [0.15, 0.2) is 18.2 Å². The zero-order valence-corrected chi connectivity index (χ0v) is 11.0. The molecule has 1 unspecified atom stereocenters. The van der Waals surface area contributed by atoms with E-state index in [0.29, 0.717) is 18.8 Å². The van der Waals surface area contributed by atoms with E-state index in [-0.39, 0.29) is 17.6 Å². The van der Waals surface area contributed by atoms with Gasteiger partial charge >= 0.3 is 0 Å². The summed E-state index contributed by atoms with van der Waals surface area (Å²) in [4.78, 5) is 13.3. The zero-order chi connectivity index (χ0) is 13.7. The van der Waals surface area contributed by atoms with E-state index in [9.17, 15) is 9.18 Å². The van der Waals surface area contributed by atoms with Crippen molar-refractivity contribution in [3.63, 3.8) is 0 Å². The lowest BCUT2D eigenvalue weighted by Gasteiger charge is -2.21. The predicted molar refractivity (Wildman–Crippen MR) is 70.4 cm³/mol. The van der Waals surface area contributed by atoms with Gasteiger partial charge in [0, 0.05) is 31.7 Å². The van der Waals surface area contributed by atoms with Gasteiger partial charge in [0.15, 0.2) is 0 Å². The van der Waals surface area contributed by atoms with Crippen LogP contribution in [-0.4, -0.2) is 31.4 Å². The molecule has 0 saturated heterocycles. The van der Waals surface area contributed by atoms with Crippen molar-refractivity contribution in [1.29, 1.82) is 0 Å². The molecule has 0 aliphatic rings. The number of nitrogens with two attached hydrogens (primary N) is 1. The molecule has 0 aromatic heterocycles. The maximum absolute atomic E-state index is 13.1. The summed E-state index contributed by atoms with van der Waals surface area (Å²) in [6.07, 6.45) is 0. The summed E-state index contributed by atoms with van der Waals surface area (Å²) in [7, 11) is 3.49. The average molecular weight is 253 g/mol. The smallest absolute Gasteiger partial charge is 0.223 e. The fourth-order valence-electron chi connectivity index (χ4n) is 1.86. The number of hydrogen-bond donors (Lipinski definition) is 2. The number of halogens is 1. The number of hydrogen-bond acceptors (Lipinski definition) is 3. The highest BCUT2D eigenvalue weighted by atomic mass is 19.1. The highest BCUT2D eigenvalue weighted by molar-refractivity contribution is 5.78. The van der Waals surface area contributed by atoms with Crippen LogP contribution in [0.2, 0.25) is 0 Å². The third-order valence-electron chi connectivity index (χ3n) is 2.82. The lowest BCUT2D eigenvalue weighted by Crippen LogP contribution is -2.34. The van der Waals surface area contributed by atoms with Gasteiger partial charge in [-0.2, -0.15) is 0 Å². The number of nitrogens with zero attached hydrogens (tertiary/aromatic N) is 1. The minimum absolute atomic E-state index is 0.00550. The molecular formula is C13H20FN3O. The molecule has 3 N–H and O–H groups in total. The Bertz CT molecular complexity index is 423. The Kier molecular flexibility index (Phi) is 5.09. The van der Waals surface area contributed by atoms with Crippen LogP contribution >= 0.6 is 0 Å². The second-order valence-electron chi connectivity index (χ2n) is 4.56. The number of carbonyl (C=O) groups excluding carboxylic acids is 1. The Morgan fingerprint density at radius 3 is 2.83 bits per heavy atom. The number of nitrogens with one attached hydrogen (secondary N) is 1. The van der Waals surface area contributed by atoms with E-state index in [1.807, 2.05) is 18.9 Å². The summed E-state index contributed by atoms with van der Waals surface area (Å²) in [6.45, 7) is 2.96. The first-order chi connectivity index (χ1) is 8.43. The van der Waals surface area contributed by atoms with Gasteiger partial charge in [-0.3, -0.25) is 4.79 Å². The normalized spacial score (nSPS) is 12.5. The Labute approximate surface area is 107 Å². The Hall–Kier alpha value is -1.62. The molecule has 1 aromatic carbocycles. The van der Waals surface area contributed by atoms with Crippen LogP contribution < -0.4 is 11.1 Å². The Morgan fingerprint density at radius 2 is 2.22 bits per heavy atom. The number of carbonyl (C=O) groups is 1. The molecule has 1 amide bonds. The molecule has 0 aliphatic carbocycles. The van der Waals surface area contributed by atoms with E-state index >= 15 is 0 Å². The van der Waals surface area contributed by atoms with Crippen molar-refractivity contribution in [2.75, 3.05) is 26.4 Å². The molecule has 18 heavy (non-hydrogen) atoms. The minimum Gasteiger partial charge on any atom is -0.398 e. The van der Waals surface area contributed by atoms with E-state index in [2.05, 4.69) is 5.32 Å². The van der Waals surface area contributed by atoms with E-state index in [1.54, 1.807) is 13.1 Å². The van der Waals surface area contributed by atoms with Gasteiger partial charge in [-0.1, -0.05) is 6.92 Å². The first kappa shape index (κ1) is 14.4. The number of nitrogen functional groups attached to an aromatic ring is 1. The fraction of sp³-hybridized carbons (Fsp3) is 0.462. The van der Waals surface area contributed by atoms with Gasteiger partial charge in [0.2, 0.25) is 5.91 Å². The number of amides is 1. The molecule has 0 saturated carbocycles. The van der Waals surface area contributed by atoms with Crippen LogP contribution in [0.25, 0.3) is 0 Å². The lowest BCUT2D eigenvalue weighted by atomic mass is 10.1. The van der Waals surface area contributed by atoms with Gasteiger partial charge in [0.05, 0.1) is 0 Å². The molecule has 5 heteroatoms. The quantitative estimate of drug-likeness (QED) is 0.776. The summed E-state index contributed by atoms with van der Waals surface area (Å²) in [6, 6.07) is 4.32. The molecule has 0 spiro atoms.